The molecule has 4 nitrogen and oxygen atoms in total. The number of amides is 1. The topological polar surface area (TPSA) is 44.4 Å². The van der Waals surface area contributed by atoms with Crippen LogP contribution in [0, 0.1) is 0 Å². The van der Waals surface area contributed by atoms with Gasteiger partial charge in [-0.05, 0) is 31.5 Å². The lowest BCUT2D eigenvalue weighted by atomic mass is 10.0. The predicted molar refractivity (Wildman–Crippen MR) is 78.4 cm³/mol. The van der Waals surface area contributed by atoms with Crippen molar-refractivity contribution in [1.29, 1.82) is 0 Å². The number of benzene rings is 1. The van der Waals surface area contributed by atoms with Gasteiger partial charge in [0.2, 0.25) is 5.91 Å². The van der Waals surface area contributed by atoms with E-state index in [0.717, 1.165) is 25.9 Å². The minimum atomic E-state index is 0.104. The average Bonchev–Trinajstić information content (AvgIpc) is 2.64. The molecule has 0 saturated heterocycles. The Bertz CT molecular complexity index is 433. The highest BCUT2D eigenvalue weighted by molar-refractivity contribution is 5.76. The zero-order chi connectivity index (χ0) is 13.7. The summed E-state index contributed by atoms with van der Waals surface area (Å²) in [7, 11) is 3.71. The van der Waals surface area contributed by atoms with Gasteiger partial charge in [-0.1, -0.05) is 18.2 Å². The molecule has 1 aromatic carbocycles. The Kier molecular flexibility index (Phi) is 4.80. The van der Waals surface area contributed by atoms with Crippen LogP contribution in [0.2, 0.25) is 0 Å². The first kappa shape index (κ1) is 13.9. The lowest BCUT2D eigenvalue weighted by Crippen LogP contribution is -2.30. The van der Waals surface area contributed by atoms with Gasteiger partial charge in [-0.2, -0.15) is 0 Å². The minimum Gasteiger partial charge on any atom is -0.371 e. The molecule has 0 spiro atoms. The maximum atomic E-state index is 11.4. The summed E-state index contributed by atoms with van der Waals surface area (Å²) in [5.41, 5.74) is 2.61. The van der Waals surface area contributed by atoms with E-state index in [2.05, 4.69) is 39.8 Å². The first-order chi connectivity index (χ1) is 9.26. The van der Waals surface area contributed by atoms with Gasteiger partial charge in [0.1, 0.15) is 0 Å². The quantitative estimate of drug-likeness (QED) is 0.867. The number of carbonyl (C=O) groups excluding carboxylic acids is 1. The van der Waals surface area contributed by atoms with Crippen LogP contribution in [0.3, 0.4) is 0 Å². The highest BCUT2D eigenvalue weighted by atomic mass is 16.1. The molecule has 2 rings (SSSR count). The maximum absolute atomic E-state index is 11.4. The van der Waals surface area contributed by atoms with Crippen LogP contribution in [0.1, 0.15) is 30.9 Å². The number of nitrogens with zero attached hydrogens (tertiary/aromatic N) is 1. The van der Waals surface area contributed by atoms with Crippen LogP contribution in [0.4, 0.5) is 5.69 Å². The highest BCUT2D eigenvalue weighted by Gasteiger charge is 2.21. The van der Waals surface area contributed by atoms with Crippen LogP contribution in [-0.2, 0) is 4.79 Å². The summed E-state index contributed by atoms with van der Waals surface area (Å²) in [5, 5.41) is 6.08. The number of rotatable bonds is 4. The van der Waals surface area contributed by atoms with Crippen LogP contribution in [0.15, 0.2) is 24.3 Å². The third-order valence-corrected chi connectivity index (χ3v) is 3.81. The van der Waals surface area contributed by atoms with Crippen LogP contribution in [-0.4, -0.2) is 33.1 Å². The molecular weight excluding hydrogens is 238 g/mol. The molecule has 4 heteroatoms. The zero-order valence-corrected chi connectivity index (χ0v) is 11.8. The van der Waals surface area contributed by atoms with Gasteiger partial charge in [-0.15, -0.1) is 0 Å². The van der Waals surface area contributed by atoms with Gasteiger partial charge in [-0.25, -0.2) is 0 Å². The van der Waals surface area contributed by atoms with Crippen LogP contribution >= 0.6 is 0 Å². The SMILES string of the molecule is CNC(=O)CCN1CCCC(NC)c2ccccc21. The second-order valence-electron chi connectivity index (χ2n) is 4.95. The zero-order valence-electron chi connectivity index (χ0n) is 11.8. The highest BCUT2D eigenvalue weighted by Crippen LogP contribution is 2.32. The van der Waals surface area contributed by atoms with Crippen LogP contribution in [0.5, 0.6) is 0 Å². The molecule has 1 heterocycles. The number of fused-ring (bicyclic) bond motifs is 1. The van der Waals surface area contributed by atoms with Crippen molar-refractivity contribution in [3.05, 3.63) is 29.8 Å². The fourth-order valence-electron chi connectivity index (χ4n) is 2.73. The van der Waals surface area contributed by atoms with Gasteiger partial charge in [0, 0.05) is 38.3 Å². The van der Waals surface area contributed by atoms with Gasteiger partial charge in [0.05, 0.1) is 0 Å². The Morgan fingerprint density at radius 3 is 2.89 bits per heavy atom. The Balaban J connectivity index is 2.18. The fraction of sp³-hybridized carbons (Fsp3) is 0.533. The van der Waals surface area contributed by atoms with Crippen molar-refractivity contribution in [1.82, 2.24) is 10.6 Å². The van der Waals surface area contributed by atoms with Crippen LogP contribution in [0.25, 0.3) is 0 Å². The standard InChI is InChI=1S/C15H23N3O/c1-16-13-7-5-10-18(11-9-15(19)17-2)14-8-4-3-6-12(13)14/h3-4,6,8,13,16H,5,7,9-11H2,1-2H3,(H,17,19). The second-order valence-corrected chi connectivity index (χ2v) is 4.95. The Labute approximate surface area is 115 Å². The van der Waals surface area contributed by atoms with E-state index in [-0.39, 0.29) is 5.91 Å². The third kappa shape index (κ3) is 3.26. The van der Waals surface area contributed by atoms with Gasteiger partial charge >= 0.3 is 0 Å². The number of para-hydroxylation sites is 1. The molecule has 1 aromatic rings. The Hall–Kier alpha value is -1.55. The number of carbonyl (C=O) groups is 1. The van der Waals surface area contributed by atoms with Crippen molar-refractivity contribution in [2.45, 2.75) is 25.3 Å². The summed E-state index contributed by atoms with van der Waals surface area (Å²) in [4.78, 5) is 13.8. The summed E-state index contributed by atoms with van der Waals surface area (Å²) in [5.74, 6) is 0.104. The van der Waals surface area contributed by atoms with Crippen LogP contribution < -0.4 is 15.5 Å². The molecule has 1 unspecified atom stereocenters. The molecule has 0 aromatic heterocycles. The molecule has 0 radical (unpaired) electrons. The average molecular weight is 261 g/mol. The lowest BCUT2D eigenvalue weighted by molar-refractivity contribution is -0.120. The van der Waals surface area contributed by atoms with E-state index in [0.29, 0.717) is 12.5 Å². The molecule has 0 bridgehead atoms. The molecular formula is C15H23N3O. The van der Waals surface area contributed by atoms with Crippen molar-refractivity contribution in [3.8, 4) is 0 Å². The van der Waals surface area contributed by atoms with Crippen molar-refractivity contribution in [3.63, 3.8) is 0 Å². The lowest BCUT2D eigenvalue weighted by Gasteiger charge is -2.25. The molecule has 1 atom stereocenters. The summed E-state index contributed by atoms with van der Waals surface area (Å²) < 4.78 is 0. The van der Waals surface area contributed by atoms with E-state index in [1.807, 2.05) is 7.05 Å². The summed E-state index contributed by atoms with van der Waals surface area (Å²) >= 11 is 0. The first-order valence-electron chi connectivity index (χ1n) is 6.98. The molecule has 1 aliphatic heterocycles. The molecule has 0 aliphatic carbocycles. The molecule has 104 valence electrons. The maximum Gasteiger partial charge on any atom is 0.221 e. The number of anilines is 1. The van der Waals surface area contributed by atoms with E-state index in [9.17, 15) is 4.79 Å². The number of hydrogen-bond acceptors (Lipinski definition) is 3. The Morgan fingerprint density at radius 1 is 1.37 bits per heavy atom. The number of hydrogen-bond donors (Lipinski definition) is 2. The largest absolute Gasteiger partial charge is 0.371 e. The monoisotopic (exact) mass is 261 g/mol. The van der Waals surface area contributed by atoms with Gasteiger partial charge in [-0.3, -0.25) is 4.79 Å². The smallest absolute Gasteiger partial charge is 0.221 e. The van der Waals surface area contributed by atoms with E-state index < -0.39 is 0 Å². The minimum absolute atomic E-state index is 0.104. The van der Waals surface area contributed by atoms with Gasteiger partial charge in [0.15, 0.2) is 0 Å². The molecule has 1 aliphatic rings. The molecule has 0 fully saturated rings. The van der Waals surface area contributed by atoms with Gasteiger partial charge < -0.3 is 15.5 Å². The van der Waals surface area contributed by atoms with E-state index >= 15 is 0 Å². The second kappa shape index (κ2) is 6.57. The normalized spacial score (nSPS) is 18.6. The molecule has 2 N–H and O–H groups in total. The van der Waals surface area contributed by atoms with E-state index in [1.165, 1.54) is 11.3 Å². The molecule has 0 saturated carbocycles. The molecule has 19 heavy (non-hydrogen) atoms. The van der Waals surface area contributed by atoms with E-state index in [4.69, 9.17) is 0 Å². The third-order valence-electron chi connectivity index (χ3n) is 3.81. The van der Waals surface area contributed by atoms with E-state index in [1.54, 1.807) is 7.05 Å². The van der Waals surface area contributed by atoms with Crippen molar-refractivity contribution < 1.29 is 4.79 Å². The van der Waals surface area contributed by atoms with Gasteiger partial charge in [0.25, 0.3) is 0 Å². The molecule has 1 amide bonds. The number of nitrogens with one attached hydrogen (secondary N) is 2. The van der Waals surface area contributed by atoms with Crippen molar-refractivity contribution >= 4 is 11.6 Å². The van der Waals surface area contributed by atoms with Crippen molar-refractivity contribution in [2.24, 2.45) is 0 Å². The first-order valence-corrected chi connectivity index (χ1v) is 6.98. The summed E-state index contributed by atoms with van der Waals surface area (Å²) in [6.07, 6.45) is 2.84. The summed E-state index contributed by atoms with van der Waals surface area (Å²) in [6, 6.07) is 8.93. The predicted octanol–water partition coefficient (Wildman–Crippen LogP) is 1.68. The summed E-state index contributed by atoms with van der Waals surface area (Å²) in [6.45, 7) is 1.80. The van der Waals surface area contributed by atoms with Crippen molar-refractivity contribution in [2.75, 3.05) is 32.1 Å². The Morgan fingerprint density at radius 2 is 2.16 bits per heavy atom. The fourth-order valence-corrected chi connectivity index (χ4v) is 2.73.